The normalized spacial score (nSPS) is 27.1. The number of carboxylic acids is 1. The predicted molar refractivity (Wildman–Crippen MR) is 78.1 cm³/mol. The van der Waals surface area contributed by atoms with Crippen LogP contribution in [0.15, 0.2) is 12.1 Å². The number of nitrogens with zero attached hydrogens (tertiary/aromatic N) is 2. The number of fused-ring (bicyclic) bond motifs is 2. The smallest absolute Gasteiger partial charge is 0.308 e. The van der Waals surface area contributed by atoms with Gasteiger partial charge in [0.05, 0.1) is 20.9 Å². The number of anilines is 1. The second-order valence-electron chi connectivity index (χ2n) is 5.40. The molecule has 0 spiro atoms. The molecule has 1 N–H and O–H groups in total. The molecular formula is C13H12Cl2N2O4. The lowest BCUT2D eigenvalue weighted by Gasteiger charge is -2.25. The summed E-state index contributed by atoms with van der Waals surface area (Å²) in [4.78, 5) is 23.9. The number of rotatable bonds is 3. The van der Waals surface area contributed by atoms with E-state index in [4.69, 9.17) is 23.2 Å². The quantitative estimate of drug-likeness (QED) is 0.678. The molecule has 1 aromatic rings. The van der Waals surface area contributed by atoms with Gasteiger partial charge in [-0.1, -0.05) is 23.2 Å². The molecule has 8 heteroatoms. The average Bonchev–Trinajstić information content (AvgIpc) is 2.98. The number of carbonyl (C=O) groups is 1. The Morgan fingerprint density at radius 1 is 1.33 bits per heavy atom. The summed E-state index contributed by atoms with van der Waals surface area (Å²) in [7, 11) is 0. The molecule has 2 saturated heterocycles. The molecule has 2 heterocycles. The van der Waals surface area contributed by atoms with Crippen LogP contribution >= 0.6 is 23.2 Å². The van der Waals surface area contributed by atoms with Gasteiger partial charge in [-0.05, 0) is 25.3 Å². The molecule has 21 heavy (non-hydrogen) atoms. The number of halogens is 2. The van der Waals surface area contributed by atoms with Gasteiger partial charge in [-0.3, -0.25) is 14.9 Å². The molecule has 2 bridgehead atoms. The summed E-state index contributed by atoms with van der Waals surface area (Å²) in [6.45, 7) is 0. The maximum absolute atomic E-state index is 11.3. The van der Waals surface area contributed by atoms with Gasteiger partial charge in [-0.2, -0.15) is 0 Å². The van der Waals surface area contributed by atoms with Crippen LogP contribution in [-0.2, 0) is 4.79 Å². The number of aliphatic carboxylic acids is 1. The molecule has 3 rings (SSSR count). The molecule has 112 valence electrons. The Hall–Kier alpha value is -1.53. The molecule has 0 aromatic heterocycles. The van der Waals surface area contributed by atoms with E-state index in [1.165, 1.54) is 12.1 Å². The molecule has 2 fully saturated rings. The molecule has 6 nitrogen and oxygen atoms in total. The number of nitro groups is 1. The summed E-state index contributed by atoms with van der Waals surface area (Å²) in [5.41, 5.74) is 0.234. The van der Waals surface area contributed by atoms with Crippen molar-refractivity contribution in [3.63, 3.8) is 0 Å². The topological polar surface area (TPSA) is 83.7 Å². The fourth-order valence-corrected chi connectivity index (χ4v) is 3.82. The van der Waals surface area contributed by atoms with Crippen LogP contribution < -0.4 is 4.90 Å². The summed E-state index contributed by atoms with van der Waals surface area (Å²) >= 11 is 11.8. The first-order chi connectivity index (χ1) is 9.90. The van der Waals surface area contributed by atoms with Crippen molar-refractivity contribution < 1.29 is 14.8 Å². The summed E-state index contributed by atoms with van der Waals surface area (Å²) in [6.07, 6.45) is 2.07. The standard InChI is InChI=1S/C13H12Cl2N2O4/c14-8-4-11(12(17(20)21)5-9(8)15)16-6-1-2-10(16)7(3-6)13(18)19/h4-7,10H,1-3H2,(H,18,19). The Kier molecular flexibility index (Phi) is 3.45. The molecule has 3 atom stereocenters. The zero-order chi connectivity index (χ0) is 15.3. The van der Waals surface area contributed by atoms with Crippen molar-refractivity contribution in [1.29, 1.82) is 0 Å². The third kappa shape index (κ3) is 2.22. The summed E-state index contributed by atoms with van der Waals surface area (Å²) < 4.78 is 0. The first-order valence-corrected chi connectivity index (χ1v) is 7.30. The first-order valence-electron chi connectivity index (χ1n) is 6.54. The van der Waals surface area contributed by atoms with Crippen LogP contribution in [0.4, 0.5) is 11.4 Å². The van der Waals surface area contributed by atoms with E-state index in [9.17, 15) is 20.0 Å². The van der Waals surface area contributed by atoms with Crippen molar-refractivity contribution in [1.82, 2.24) is 0 Å². The minimum atomic E-state index is -0.852. The van der Waals surface area contributed by atoms with Crippen LogP contribution in [0.5, 0.6) is 0 Å². The van der Waals surface area contributed by atoms with Crippen LogP contribution in [0.25, 0.3) is 0 Å². The fourth-order valence-electron chi connectivity index (χ4n) is 3.51. The van der Waals surface area contributed by atoms with E-state index < -0.39 is 16.8 Å². The largest absolute Gasteiger partial charge is 0.481 e. The maximum atomic E-state index is 11.3. The highest BCUT2D eigenvalue weighted by atomic mass is 35.5. The monoisotopic (exact) mass is 330 g/mol. The van der Waals surface area contributed by atoms with Gasteiger partial charge in [0.2, 0.25) is 0 Å². The third-order valence-corrected chi connectivity index (χ3v) is 5.07. The lowest BCUT2D eigenvalue weighted by atomic mass is 9.89. The van der Waals surface area contributed by atoms with Crippen LogP contribution in [-0.4, -0.2) is 28.1 Å². The van der Waals surface area contributed by atoms with Gasteiger partial charge in [0.1, 0.15) is 5.69 Å². The SMILES string of the molecule is O=C(O)C1CC2CCC1N2c1cc(Cl)c(Cl)cc1[N+](=O)[O-]. The predicted octanol–water partition coefficient (Wildman–Crippen LogP) is 3.34. The van der Waals surface area contributed by atoms with Crippen molar-refractivity contribution in [2.45, 2.75) is 31.3 Å². The van der Waals surface area contributed by atoms with Gasteiger partial charge in [-0.25, -0.2) is 0 Å². The number of benzene rings is 1. The highest BCUT2D eigenvalue weighted by molar-refractivity contribution is 6.42. The number of nitro benzene ring substituents is 1. The Balaban J connectivity index is 2.07. The molecule has 0 saturated carbocycles. The van der Waals surface area contributed by atoms with E-state index in [2.05, 4.69) is 0 Å². The fraction of sp³-hybridized carbons (Fsp3) is 0.462. The van der Waals surface area contributed by atoms with Crippen molar-refractivity contribution in [2.75, 3.05) is 4.90 Å². The minimum Gasteiger partial charge on any atom is -0.481 e. The molecule has 0 radical (unpaired) electrons. The van der Waals surface area contributed by atoms with Crippen LogP contribution in [0.2, 0.25) is 10.0 Å². The van der Waals surface area contributed by atoms with E-state index in [0.29, 0.717) is 12.1 Å². The third-order valence-electron chi connectivity index (χ3n) is 4.35. The summed E-state index contributed by atoms with van der Waals surface area (Å²) in [6, 6.07) is 2.49. The Labute approximate surface area is 130 Å². The van der Waals surface area contributed by atoms with Crippen LogP contribution in [0.1, 0.15) is 19.3 Å². The highest BCUT2D eigenvalue weighted by Crippen LogP contribution is 2.48. The molecule has 3 unspecified atom stereocenters. The molecule has 0 amide bonds. The first kappa shape index (κ1) is 14.4. The van der Waals surface area contributed by atoms with Crippen LogP contribution in [0.3, 0.4) is 0 Å². The molecule has 2 aliphatic heterocycles. The summed E-state index contributed by atoms with van der Waals surface area (Å²) in [5, 5.41) is 20.9. The van der Waals surface area contributed by atoms with E-state index in [0.717, 1.165) is 12.8 Å². The van der Waals surface area contributed by atoms with Gasteiger partial charge < -0.3 is 10.0 Å². The molecular weight excluding hydrogens is 319 g/mol. The molecule has 1 aromatic carbocycles. The Bertz CT molecular complexity index is 637. The van der Waals surface area contributed by atoms with Crippen molar-refractivity contribution in [3.05, 3.63) is 32.3 Å². The lowest BCUT2D eigenvalue weighted by molar-refractivity contribution is -0.384. The zero-order valence-corrected chi connectivity index (χ0v) is 12.3. The van der Waals surface area contributed by atoms with Gasteiger partial charge in [0.25, 0.3) is 5.69 Å². The molecule has 2 aliphatic rings. The highest BCUT2D eigenvalue weighted by Gasteiger charge is 2.50. The summed E-state index contributed by atoms with van der Waals surface area (Å²) in [5.74, 6) is -1.34. The maximum Gasteiger partial charge on any atom is 0.308 e. The number of hydrogen-bond donors (Lipinski definition) is 1. The van der Waals surface area contributed by atoms with Gasteiger partial charge >= 0.3 is 5.97 Å². The number of carboxylic acid groups (broad SMARTS) is 1. The Morgan fingerprint density at radius 3 is 2.57 bits per heavy atom. The second-order valence-corrected chi connectivity index (χ2v) is 6.21. The van der Waals surface area contributed by atoms with E-state index >= 15 is 0 Å². The van der Waals surface area contributed by atoms with Gasteiger partial charge in [0, 0.05) is 18.2 Å². The van der Waals surface area contributed by atoms with Crippen LogP contribution in [0, 0.1) is 16.0 Å². The van der Waals surface area contributed by atoms with Crippen molar-refractivity contribution in [2.24, 2.45) is 5.92 Å². The van der Waals surface area contributed by atoms with Crippen molar-refractivity contribution in [3.8, 4) is 0 Å². The number of hydrogen-bond acceptors (Lipinski definition) is 4. The molecule has 0 aliphatic carbocycles. The minimum absolute atomic E-state index is 0.00652. The van der Waals surface area contributed by atoms with Gasteiger partial charge in [-0.15, -0.1) is 0 Å². The lowest BCUT2D eigenvalue weighted by Crippen LogP contribution is -2.33. The van der Waals surface area contributed by atoms with E-state index in [-0.39, 0.29) is 27.8 Å². The van der Waals surface area contributed by atoms with Gasteiger partial charge in [0.15, 0.2) is 0 Å². The van der Waals surface area contributed by atoms with E-state index in [1.807, 2.05) is 4.90 Å². The Morgan fingerprint density at radius 2 is 2.00 bits per heavy atom. The van der Waals surface area contributed by atoms with Crippen molar-refractivity contribution >= 4 is 40.5 Å². The van der Waals surface area contributed by atoms with E-state index in [1.54, 1.807) is 0 Å². The zero-order valence-electron chi connectivity index (χ0n) is 10.8. The average molecular weight is 331 g/mol. The second kappa shape index (κ2) is 5.03.